The predicted molar refractivity (Wildman–Crippen MR) is 476 cm³/mol. The zero-order valence-corrected chi connectivity index (χ0v) is 67.3. The molecule has 3 aromatic heterocycles. The lowest BCUT2D eigenvalue weighted by molar-refractivity contribution is 0.0464. The number of carbonyl (C=O) groups excluding carboxylic acids is 2. The Balaban J connectivity index is 0.688. The number of unbranched alkanes of at least 4 members (excludes halogenated alkanes) is 16. The summed E-state index contributed by atoms with van der Waals surface area (Å²) in [6, 6.07) is 63.1. The SMILES string of the molecule is C=CC1CC(/C=C/c2ccccc2)C2CN(c3ccc(C(=O)OCc4ccc(-c5c6nc(c(CCCCCCCCCCC)c7ccc([nH]7)c(-c7ccc(COC(=O)c8ccc(N9CC%10C(C=C)CC(/C=C/c%11ccccc%11)C%10C9)cc8)cc7)c7nc(c(CCCCCCCCCCC)c8ccc5[nH]8)C=C7)C=C6)cc4)cc3)CC12. The van der Waals surface area contributed by atoms with Gasteiger partial charge >= 0.3 is 11.9 Å². The molecule has 0 radical (unpaired) electrons. The van der Waals surface area contributed by atoms with Crippen molar-refractivity contribution < 1.29 is 19.1 Å². The summed E-state index contributed by atoms with van der Waals surface area (Å²) < 4.78 is 12.2. The maximum Gasteiger partial charge on any atom is 0.338 e. The summed E-state index contributed by atoms with van der Waals surface area (Å²) in [5, 5.41) is 0. The predicted octanol–water partition coefficient (Wildman–Crippen LogP) is 26.0. The first-order chi connectivity index (χ1) is 56.1. The molecule has 10 nitrogen and oxygen atoms in total. The van der Waals surface area contributed by atoms with Crippen LogP contribution in [0.2, 0.25) is 0 Å². The number of rotatable bonds is 36. The highest BCUT2D eigenvalue weighted by Crippen LogP contribution is 2.50. The number of carbonyl (C=O) groups is 2. The number of aryl methyl sites for hydroxylation is 2. The second kappa shape index (κ2) is 38.5. The average Bonchev–Trinajstić information content (AvgIpc) is 1.63. The van der Waals surface area contributed by atoms with Crippen LogP contribution in [0.5, 0.6) is 0 Å². The summed E-state index contributed by atoms with van der Waals surface area (Å²) in [4.78, 5) is 52.0. The summed E-state index contributed by atoms with van der Waals surface area (Å²) in [5.74, 6) is 3.49. The quantitative estimate of drug-likeness (QED) is 0.0227. The fourth-order valence-corrected chi connectivity index (χ4v) is 19.2. The highest BCUT2D eigenvalue weighted by molar-refractivity contribution is 5.95. The molecule has 8 bridgehead atoms. The van der Waals surface area contributed by atoms with Crippen LogP contribution < -0.4 is 9.80 Å². The highest BCUT2D eigenvalue weighted by atomic mass is 16.5. The number of H-pyrrole nitrogens is 2. The third-order valence-electron chi connectivity index (χ3n) is 25.6. The molecule has 4 fully saturated rings. The zero-order valence-electron chi connectivity index (χ0n) is 67.3. The van der Waals surface area contributed by atoms with Gasteiger partial charge in [-0.1, -0.05) is 262 Å². The van der Waals surface area contributed by atoms with Crippen molar-refractivity contribution in [1.82, 2.24) is 19.9 Å². The Morgan fingerprint density at radius 2 is 0.737 bits per heavy atom. The van der Waals surface area contributed by atoms with Gasteiger partial charge < -0.3 is 29.2 Å². The number of hydrogen-bond donors (Lipinski definition) is 2. The van der Waals surface area contributed by atoms with Crippen molar-refractivity contribution in [2.45, 2.75) is 168 Å². The van der Waals surface area contributed by atoms with E-state index in [1.165, 1.54) is 112 Å². The minimum Gasteiger partial charge on any atom is -0.457 e. The van der Waals surface area contributed by atoms with Gasteiger partial charge in [0.2, 0.25) is 0 Å². The molecule has 8 unspecified atom stereocenters. The Bertz CT molecular complexity index is 4730. The molecule has 2 saturated heterocycles. The molecular weight excluding hydrogens is 1400 g/mol. The number of anilines is 2. The van der Waals surface area contributed by atoms with E-state index in [0.29, 0.717) is 58.5 Å². The summed E-state index contributed by atoms with van der Waals surface area (Å²) >= 11 is 0. The Morgan fingerprint density at radius 3 is 1.11 bits per heavy atom. The van der Waals surface area contributed by atoms with Gasteiger partial charge in [-0.05, 0) is 216 Å². The molecule has 9 aromatic rings. The first kappa shape index (κ1) is 78.7. The van der Waals surface area contributed by atoms with Gasteiger partial charge in [-0.15, -0.1) is 13.2 Å². The Hall–Kier alpha value is -10.6. The molecule has 6 aliphatic rings. The zero-order chi connectivity index (χ0) is 78.0. The van der Waals surface area contributed by atoms with Crippen LogP contribution >= 0.6 is 0 Å². The molecule has 15 rings (SSSR count). The van der Waals surface area contributed by atoms with Gasteiger partial charge in [-0.2, -0.15) is 0 Å². The maximum absolute atomic E-state index is 13.8. The van der Waals surface area contributed by atoms with Gasteiger partial charge in [-0.25, -0.2) is 19.6 Å². The summed E-state index contributed by atoms with van der Waals surface area (Å²) in [7, 11) is 0. The third kappa shape index (κ3) is 19.1. The number of ether oxygens (including phenoxy) is 2. The van der Waals surface area contributed by atoms with Crippen molar-refractivity contribution >= 4 is 81.8 Å². The van der Waals surface area contributed by atoms with E-state index < -0.39 is 0 Å². The van der Waals surface area contributed by atoms with E-state index in [0.717, 1.165) is 167 Å². The second-order valence-corrected chi connectivity index (χ2v) is 33.1. The number of nitrogens with one attached hydrogen (secondary N) is 2. The lowest BCUT2D eigenvalue weighted by atomic mass is 9.90. The number of hydrogen-bond acceptors (Lipinski definition) is 8. The molecule has 10 heteroatoms. The van der Waals surface area contributed by atoms with Crippen LogP contribution in [-0.4, -0.2) is 58.1 Å². The van der Waals surface area contributed by atoms with E-state index in [1.54, 1.807) is 0 Å². The van der Waals surface area contributed by atoms with Gasteiger partial charge in [0.25, 0.3) is 0 Å². The van der Waals surface area contributed by atoms with Gasteiger partial charge in [0.15, 0.2) is 0 Å². The maximum atomic E-state index is 13.8. The van der Waals surface area contributed by atoms with E-state index in [-0.39, 0.29) is 25.2 Å². The standard InChI is InChI=1S/C104H116N6O4/c1-5-9-11-13-15-17-19-21-29-35-87-93-57-61-97(105-93)101(79-43-39-75(40-44-79)71-113-103(111)81-49-53-85(54-50-81)109-67-89-77(7-3)65-83(91(89)69-109)47-37-73-31-25-23-26-32-73)99-63-59-95(107-99)88(36-30-22-20-18-16-14-12-10-6-2)96-60-64-100(108-96)102(98-62-58-94(87)106-98)80-45-41-76(42-46-80)72-114-104(112)82-51-55-86(56-52-82)110-68-90-78(8-4)66-84(92(90)70-110)48-38-74-33-27-24-28-34-74/h7-8,23-28,31-34,37-64,77-78,83-84,89-92,105,108H,3-6,9-22,29-30,35-36,65-72H2,1-2H3/b47-37+,48-38+,93-87?,94-87?,95-88?,96-88?,101-97?,101-99?,102-98?,102-100?. The van der Waals surface area contributed by atoms with E-state index >= 15 is 0 Å². The lowest BCUT2D eigenvalue weighted by Crippen LogP contribution is -2.23. The number of benzene rings is 6. The molecule has 2 N–H and O–H groups in total. The Kier molecular flexibility index (Phi) is 26.6. The van der Waals surface area contributed by atoms with Crippen LogP contribution in [0, 0.1) is 47.3 Å². The van der Waals surface area contributed by atoms with E-state index in [9.17, 15) is 9.59 Å². The van der Waals surface area contributed by atoms with Crippen molar-refractivity contribution in [1.29, 1.82) is 0 Å². The third-order valence-corrected chi connectivity index (χ3v) is 25.6. The number of esters is 2. The highest BCUT2D eigenvalue weighted by Gasteiger charge is 2.48. The fraction of sp³-hybridized carbons (Fsp3) is 0.365. The minimum absolute atomic E-state index is 0.144. The first-order valence-corrected chi connectivity index (χ1v) is 43.2. The summed E-state index contributed by atoms with van der Waals surface area (Å²) in [6.07, 6.45) is 48.9. The molecule has 2 saturated carbocycles. The Morgan fingerprint density at radius 1 is 0.395 bits per heavy atom. The van der Waals surface area contributed by atoms with Crippen LogP contribution in [0.3, 0.4) is 0 Å². The van der Waals surface area contributed by atoms with Crippen molar-refractivity contribution in [3.63, 3.8) is 0 Å². The van der Waals surface area contributed by atoms with Gasteiger partial charge in [-0.3, -0.25) is 0 Å². The smallest absolute Gasteiger partial charge is 0.338 e. The van der Waals surface area contributed by atoms with Gasteiger partial charge in [0.1, 0.15) is 13.2 Å². The first-order valence-electron chi connectivity index (χ1n) is 43.2. The van der Waals surface area contributed by atoms with Gasteiger partial charge in [0, 0.05) is 81.9 Å². The van der Waals surface area contributed by atoms with E-state index in [2.05, 4.69) is 265 Å². The topological polar surface area (TPSA) is 116 Å². The second-order valence-electron chi connectivity index (χ2n) is 33.1. The lowest BCUT2D eigenvalue weighted by Gasteiger charge is -2.22. The van der Waals surface area contributed by atoms with Crippen molar-refractivity contribution in [2.75, 3.05) is 36.0 Å². The summed E-state index contributed by atoms with van der Waals surface area (Å²) in [5.41, 5.74) is 21.7. The van der Waals surface area contributed by atoms with Crippen LogP contribution in [0.4, 0.5) is 11.4 Å². The molecular formula is C104H116N6O4. The minimum atomic E-state index is -0.340. The number of nitrogens with zero attached hydrogens (tertiary/aromatic N) is 4. The van der Waals surface area contributed by atoms with E-state index in [1.807, 2.05) is 24.3 Å². The summed E-state index contributed by atoms with van der Waals surface area (Å²) in [6.45, 7) is 17.3. The monoisotopic (exact) mass is 1510 g/mol. The molecule has 0 spiro atoms. The van der Waals surface area contributed by atoms with Crippen LogP contribution in [0.15, 0.2) is 219 Å². The molecule has 114 heavy (non-hydrogen) atoms. The largest absolute Gasteiger partial charge is 0.457 e. The number of fused-ring (bicyclic) bond motifs is 10. The van der Waals surface area contributed by atoms with Crippen molar-refractivity contribution in [3.8, 4) is 22.3 Å². The van der Waals surface area contributed by atoms with Crippen LogP contribution in [0.1, 0.15) is 219 Å². The molecule has 6 aromatic carbocycles. The molecule has 8 atom stereocenters. The number of allylic oxidation sites excluding steroid dienone is 4. The van der Waals surface area contributed by atoms with Gasteiger partial charge in [0.05, 0.1) is 33.9 Å². The number of aromatic nitrogens is 4. The molecule has 0 amide bonds. The van der Waals surface area contributed by atoms with Crippen molar-refractivity contribution in [2.24, 2.45) is 47.3 Å². The molecule has 4 aliphatic heterocycles. The fourth-order valence-electron chi connectivity index (χ4n) is 19.2. The molecule has 586 valence electrons. The average molecular weight is 1510 g/mol. The Labute approximate surface area is 677 Å². The molecule has 7 heterocycles. The number of aromatic amines is 2. The molecule has 2 aliphatic carbocycles. The van der Waals surface area contributed by atoms with Crippen molar-refractivity contribution in [3.05, 3.63) is 287 Å². The normalized spacial score (nSPS) is 19.5. The van der Waals surface area contributed by atoms with E-state index in [4.69, 9.17) is 19.4 Å². The van der Waals surface area contributed by atoms with Crippen LogP contribution in [-0.2, 0) is 35.5 Å². The van der Waals surface area contributed by atoms with Crippen LogP contribution in [0.25, 0.3) is 80.8 Å².